The van der Waals surface area contributed by atoms with Crippen LogP contribution in [-0.4, -0.2) is 40.9 Å². The Morgan fingerprint density at radius 2 is 1.84 bits per heavy atom. The molecule has 0 radical (unpaired) electrons. The minimum Gasteiger partial charge on any atom is -0.369 e. The van der Waals surface area contributed by atoms with Crippen LogP contribution in [0.25, 0.3) is 10.6 Å². The number of hydrogen-bond acceptors (Lipinski definition) is 4. The maximum atomic E-state index is 13.1. The maximum absolute atomic E-state index is 13.1. The van der Waals surface area contributed by atoms with Crippen LogP contribution in [0.15, 0.2) is 47.8 Å². The second kappa shape index (κ2) is 6.98. The summed E-state index contributed by atoms with van der Waals surface area (Å²) in [6.07, 6.45) is 0. The molecule has 1 fully saturated rings. The Morgan fingerprint density at radius 3 is 2.52 bits per heavy atom. The molecule has 0 aliphatic carbocycles. The van der Waals surface area contributed by atoms with Gasteiger partial charge < -0.3 is 4.90 Å². The molecular formula is C19H21FN4S. The fourth-order valence-electron chi connectivity index (χ4n) is 3.30. The molecule has 6 heteroatoms. The summed E-state index contributed by atoms with van der Waals surface area (Å²) >= 11 is 1.74. The molecule has 4 nitrogen and oxygen atoms in total. The first-order valence-electron chi connectivity index (χ1n) is 8.49. The quantitative estimate of drug-likeness (QED) is 0.714. The Labute approximate surface area is 151 Å². The summed E-state index contributed by atoms with van der Waals surface area (Å²) < 4.78 is 15.0. The molecule has 0 amide bonds. The van der Waals surface area contributed by atoms with E-state index >= 15 is 0 Å². The van der Waals surface area contributed by atoms with E-state index in [0.717, 1.165) is 44.1 Å². The standard InChI is InChI=1S/C19H21FN4S/c1-22-18(19-3-2-12-25-19)13-16(21-22)14-23-8-10-24(11-9-23)17-6-4-15(20)5-7-17/h2-7,12-13H,8-11,14H2,1H3. The number of rotatable bonds is 4. The van der Waals surface area contributed by atoms with Crippen LogP contribution >= 0.6 is 11.3 Å². The number of hydrogen-bond donors (Lipinski definition) is 0. The lowest BCUT2D eigenvalue weighted by molar-refractivity contribution is 0.246. The molecule has 1 aliphatic rings. The van der Waals surface area contributed by atoms with E-state index in [2.05, 4.69) is 38.5 Å². The van der Waals surface area contributed by atoms with E-state index in [1.807, 2.05) is 23.9 Å². The molecule has 1 aliphatic heterocycles. The highest BCUT2D eigenvalue weighted by atomic mass is 32.1. The molecule has 4 rings (SSSR count). The molecule has 0 bridgehead atoms. The molecule has 0 saturated carbocycles. The van der Waals surface area contributed by atoms with Crippen molar-refractivity contribution in [3.63, 3.8) is 0 Å². The Hall–Kier alpha value is -2.18. The van der Waals surface area contributed by atoms with Crippen molar-refractivity contribution in [3.05, 3.63) is 59.4 Å². The van der Waals surface area contributed by atoms with Crippen LogP contribution in [0.2, 0.25) is 0 Å². The minimum absolute atomic E-state index is 0.181. The third-order valence-corrected chi connectivity index (χ3v) is 5.55. The number of thiophene rings is 1. The normalized spacial score (nSPS) is 15.7. The third kappa shape index (κ3) is 3.60. The van der Waals surface area contributed by atoms with Crippen LogP contribution in [-0.2, 0) is 13.6 Å². The summed E-state index contributed by atoms with van der Waals surface area (Å²) in [6.45, 7) is 4.76. The van der Waals surface area contributed by atoms with Gasteiger partial charge in [0.2, 0.25) is 0 Å². The average Bonchev–Trinajstić information content (AvgIpc) is 3.26. The molecule has 0 N–H and O–H groups in total. The van der Waals surface area contributed by atoms with Crippen molar-refractivity contribution in [3.8, 4) is 10.6 Å². The van der Waals surface area contributed by atoms with E-state index in [1.165, 1.54) is 22.7 Å². The molecule has 2 aromatic heterocycles. The van der Waals surface area contributed by atoms with E-state index in [-0.39, 0.29) is 5.82 Å². The van der Waals surface area contributed by atoms with Gasteiger partial charge in [-0.15, -0.1) is 11.3 Å². The highest BCUT2D eigenvalue weighted by Gasteiger charge is 2.19. The molecule has 0 spiro atoms. The van der Waals surface area contributed by atoms with Gasteiger partial charge in [-0.2, -0.15) is 5.10 Å². The number of benzene rings is 1. The Balaban J connectivity index is 1.37. The first-order chi connectivity index (χ1) is 12.2. The van der Waals surface area contributed by atoms with Gasteiger partial charge in [-0.1, -0.05) is 6.07 Å². The predicted molar refractivity (Wildman–Crippen MR) is 100 cm³/mol. The van der Waals surface area contributed by atoms with Crippen LogP contribution < -0.4 is 4.90 Å². The van der Waals surface area contributed by atoms with E-state index in [9.17, 15) is 4.39 Å². The lowest BCUT2D eigenvalue weighted by atomic mass is 10.2. The van der Waals surface area contributed by atoms with E-state index < -0.39 is 0 Å². The summed E-state index contributed by atoms with van der Waals surface area (Å²) in [5.41, 5.74) is 3.38. The topological polar surface area (TPSA) is 24.3 Å². The van der Waals surface area contributed by atoms with Crippen molar-refractivity contribution in [1.82, 2.24) is 14.7 Å². The zero-order valence-corrected chi connectivity index (χ0v) is 15.0. The number of aromatic nitrogens is 2. The fraction of sp³-hybridized carbons (Fsp3) is 0.316. The molecule has 0 unspecified atom stereocenters. The zero-order chi connectivity index (χ0) is 17.2. The van der Waals surface area contributed by atoms with Gasteiger partial charge in [0, 0.05) is 45.5 Å². The minimum atomic E-state index is -0.181. The van der Waals surface area contributed by atoms with Crippen molar-refractivity contribution in [2.24, 2.45) is 7.05 Å². The molecule has 0 atom stereocenters. The number of anilines is 1. The van der Waals surface area contributed by atoms with Crippen LogP contribution in [0.3, 0.4) is 0 Å². The second-order valence-electron chi connectivity index (χ2n) is 6.36. The van der Waals surface area contributed by atoms with Gasteiger partial charge in [0.1, 0.15) is 5.82 Å². The van der Waals surface area contributed by atoms with Crippen LogP contribution in [0.1, 0.15) is 5.69 Å². The van der Waals surface area contributed by atoms with Gasteiger partial charge in [0.25, 0.3) is 0 Å². The lowest BCUT2D eigenvalue weighted by Crippen LogP contribution is -2.46. The van der Waals surface area contributed by atoms with Crippen LogP contribution in [0, 0.1) is 5.82 Å². The number of halogens is 1. The summed E-state index contributed by atoms with van der Waals surface area (Å²) in [6, 6.07) is 13.2. The summed E-state index contributed by atoms with van der Waals surface area (Å²) in [7, 11) is 2.00. The highest BCUT2D eigenvalue weighted by Crippen LogP contribution is 2.25. The lowest BCUT2D eigenvalue weighted by Gasteiger charge is -2.35. The molecule has 3 aromatic rings. The van der Waals surface area contributed by atoms with Gasteiger partial charge >= 0.3 is 0 Å². The Kier molecular flexibility index (Phi) is 4.55. The summed E-state index contributed by atoms with van der Waals surface area (Å²) in [4.78, 5) is 5.99. The van der Waals surface area contributed by atoms with Gasteiger partial charge in [0.15, 0.2) is 0 Å². The fourth-order valence-corrected chi connectivity index (χ4v) is 4.08. The number of piperazine rings is 1. The molecule has 1 saturated heterocycles. The molecule has 25 heavy (non-hydrogen) atoms. The van der Waals surface area contributed by atoms with Crippen molar-refractivity contribution in [1.29, 1.82) is 0 Å². The van der Waals surface area contributed by atoms with Gasteiger partial charge in [-0.25, -0.2) is 4.39 Å². The van der Waals surface area contributed by atoms with E-state index in [4.69, 9.17) is 0 Å². The van der Waals surface area contributed by atoms with Crippen LogP contribution in [0.5, 0.6) is 0 Å². The maximum Gasteiger partial charge on any atom is 0.123 e. The average molecular weight is 356 g/mol. The Morgan fingerprint density at radius 1 is 1.08 bits per heavy atom. The summed E-state index contributed by atoms with van der Waals surface area (Å²) in [5, 5.41) is 6.77. The second-order valence-corrected chi connectivity index (χ2v) is 7.31. The molecule has 3 heterocycles. The predicted octanol–water partition coefficient (Wildman–Crippen LogP) is 3.61. The van der Waals surface area contributed by atoms with Crippen LogP contribution in [0.4, 0.5) is 10.1 Å². The van der Waals surface area contributed by atoms with Gasteiger partial charge in [0.05, 0.1) is 16.3 Å². The number of aryl methyl sites for hydroxylation is 1. The van der Waals surface area contributed by atoms with Crippen molar-refractivity contribution in [2.75, 3.05) is 31.1 Å². The molecular weight excluding hydrogens is 335 g/mol. The van der Waals surface area contributed by atoms with E-state index in [1.54, 1.807) is 11.3 Å². The first kappa shape index (κ1) is 16.3. The first-order valence-corrected chi connectivity index (χ1v) is 9.37. The summed E-state index contributed by atoms with van der Waals surface area (Å²) in [5.74, 6) is -0.181. The largest absolute Gasteiger partial charge is 0.369 e. The molecule has 130 valence electrons. The van der Waals surface area contributed by atoms with E-state index in [0.29, 0.717) is 0 Å². The SMILES string of the molecule is Cn1nc(CN2CCN(c3ccc(F)cc3)CC2)cc1-c1cccs1. The monoisotopic (exact) mass is 356 g/mol. The zero-order valence-electron chi connectivity index (χ0n) is 14.2. The highest BCUT2D eigenvalue weighted by molar-refractivity contribution is 7.13. The van der Waals surface area contributed by atoms with Gasteiger partial charge in [-0.05, 0) is 41.8 Å². The third-order valence-electron chi connectivity index (χ3n) is 4.65. The smallest absolute Gasteiger partial charge is 0.123 e. The Bertz CT molecular complexity index is 818. The molecule has 1 aromatic carbocycles. The van der Waals surface area contributed by atoms with Crippen molar-refractivity contribution < 1.29 is 4.39 Å². The van der Waals surface area contributed by atoms with Gasteiger partial charge in [-0.3, -0.25) is 9.58 Å². The van der Waals surface area contributed by atoms with Crippen molar-refractivity contribution in [2.45, 2.75) is 6.54 Å². The number of nitrogens with zero attached hydrogens (tertiary/aromatic N) is 4. The van der Waals surface area contributed by atoms with Crippen molar-refractivity contribution >= 4 is 17.0 Å².